The van der Waals surface area contributed by atoms with Crippen molar-refractivity contribution in [1.29, 1.82) is 0 Å². The molecule has 0 unspecified atom stereocenters. The number of carbonyl (C=O) groups excluding carboxylic acids is 2. The maximum atomic E-state index is 12.6. The van der Waals surface area contributed by atoms with Gasteiger partial charge in [-0.25, -0.2) is 4.79 Å². The number of hydrogen-bond acceptors (Lipinski definition) is 5. The Hall–Kier alpha value is -2.97. The van der Waals surface area contributed by atoms with Gasteiger partial charge in [0.25, 0.3) is 0 Å². The van der Waals surface area contributed by atoms with Crippen molar-refractivity contribution in [3.8, 4) is 5.75 Å². The van der Waals surface area contributed by atoms with Crippen LogP contribution >= 0.6 is 11.6 Å². The molecule has 0 atom stereocenters. The molecule has 8 nitrogen and oxygen atoms in total. The number of piperazine rings is 1. The number of ether oxygens (including phenoxy) is 1. The van der Waals surface area contributed by atoms with Crippen molar-refractivity contribution in [2.75, 3.05) is 70.9 Å². The fourth-order valence-corrected chi connectivity index (χ4v) is 4.64. The summed E-state index contributed by atoms with van der Waals surface area (Å²) < 4.78 is 5.24. The number of methoxy groups -OCH3 is 1. The number of amides is 3. The summed E-state index contributed by atoms with van der Waals surface area (Å²) in [5, 5.41) is 3.65. The van der Waals surface area contributed by atoms with Crippen LogP contribution in [0.5, 0.6) is 5.75 Å². The van der Waals surface area contributed by atoms with Gasteiger partial charge in [0.1, 0.15) is 12.3 Å². The van der Waals surface area contributed by atoms with Crippen LogP contribution in [0.3, 0.4) is 0 Å². The fourth-order valence-electron chi connectivity index (χ4n) is 4.52. The van der Waals surface area contributed by atoms with E-state index in [9.17, 15) is 9.59 Å². The Morgan fingerprint density at radius 3 is 2.31 bits per heavy atom. The normalized spacial score (nSPS) is 16.6. The third-order valence-electron chi connectivity index (χ3n) is 6.59. The van der Waals surface area contributed by atoms with Crippen LogP contribution in [0.25, 0.3) is 0 Å². The van der Waals surface area contributed by atoms with Crippen molar-refractivity contribution in [1.82, 2.24) is 20.0 Å². The van der Waals surface area contributed by atoms with Crippen LogP contribution in [-0.2, 0) is 11.3 Å². The molecule has 2 heterocycles. The van der Waals surface area contributed by atoms with Crippen LogP contribution in [0.15, 0.2) is 48.5 Å². The Kier molecular flexibility index (Phi) is 8.71. The molecule has 2 saturated heterocycles. The molecule has 2 aliphatic heterocycles. The summed E-state index contributed by atoms with van der Waals surface area (Å²) >= 11 is 5.93. The van der Waals surface area contributed by atoms with E-state index in [1.54, 1.807) is 16.9 Å². The first kappa shape index (κ1) is 25.1. The van der Waals surface area contributed by atoms with E-state index in [0.717, 1.165) is 50.5 Å². The molecule has 0 spiro atoms. The number of rotatable bonds is 10. The Balaban J connectivity index is 1.10. The molecule has 188 valence electrons. The Morgan fingerprint density at radius 1 is 0.943 bits per heavy atom. The zero-order valence-corrected chi connectivity index (χ0v) is 21.0. The van der Waals surface area contributed by atoms with E-state index in [1.807, 2.05) is 36.4 Å². The predicted octanol–water partition coefficient (Wildman–Crippen LogP) is 2.91. The number of halogens is 1. The molecule has 9 heteroatoms. The first-order chi connectivity index (χ1) is 17.0. The number of benzene rings is 2. The highest BCUT2D eigenvalue weighted by atomic mass is 35.5. The molecule has 35 heavy (non-hydrogen) atoms. The van der Waals surface area contributed by atoms with E-state index in [4.69, 9.17) is 16.3 Å². The average molecular weight is 500 g/mol. The van der Waals surface area contributed by atoms with Crippen LogP contribution in [0.4, 0.5) is 10.5 Å². The van der Waals surface area contributed by atoms with Crippen molar-refractivity contribution < 1.29 is 14.3 Å². The molecule has 0 bridgehead atoms. The fraction of sp³-hybridized carbons (Fsp3) is 0.462. The van der Waals surface area contributed by atoms with Gasteiger partial charge in [-0.05, 0) is 54.9 Å². The van der Waals surface area contributed by atoms with Gasteiger partial charge in [-0.15, -0.1) is 0 Å². The summed E-state index contributed by atoms with van der Waals surface area (Å²) in [5.41, 5.74) is 2.25. The smallest absolute Gasteiger partial charge is 0.320 e. The van der Waals surface area contributed by atoms with Crippen LogP contribution < -0.4 is 15.0 Å². The SMILES string of the molecule is COc1ccc(N2CCN(CCCNC(=O)CN3CCN(Cc4ccc(Cl)cc4)C3=O)CC2)cc1. The second-order valence-corrected chi connectivity index (χ2v) is 9.42. The lowest BCUT2D eigenvalue weighted by molar-refractivity contribution is -0.121. The maximum Gasteiger partial charge on any atom is 0.320 e. The van der Waals surface area contributed by atoms with Gasteiger partial charge >= 0.3 is 6.03 Å². The quantitative estimate of drug-likeness (QED) is 0.509. The molecule has 3 amide bonds. The van der Waals surface area contributed by atoms with Crippen molar-refractivity contribution in [3.05, 3.63) is 59.1 Å². The van der Waals surface area contributed by atoms with Crippen molar-refractivity contribution in [2.45, 2.75) is 13.0 Å². The maximum absolute atomic E-state index is 12.6. The van der Waals surface area contributed by atoms with Gasteiger partial charge in [0.15, 0.2) is 0 Å². The van der Waals surface area contributed by atoms with E-state index in [0.29, 0.717) is 31.2 Å². The molecule has 0 aromatic heterocycles. The molecule has 0 aliphatic carbocycles. The third-order valence-corrected chi connectivity index (χ3v) is 6.84. The second kappa shape index (κ2) is 12.1. The Morgan fingerprint density at radius 2 is 1.63 bits per heavy atom. The first-order valence-corrected chi connectivity index (χ1v) is 12.6. The number of carbonyl (C=O) groups is 2. The summed E-state index contributed by atoms with van der Waals surface area (Å²) in [5.74, 6) is 0.773. The van der Waals surface area contributed by atoms with E-state index in [2.05, 4.69) is 27.2 Å². The number of urea groups is 1. The van der Waals surface area contributed by atoms with E-state index >= 15 is 0 Å². The van der Waals surface area contributed by atoms with Gasteiger partial charge < -0.3 is 24.8 Å². The first-order valence-electron chi connectivity index (χ1n) is 12.2. The van der Waals surface area contributed by atoms with Crippen molar-refractivity contribution >= 4 is 29.2 Å². The van der Waals surface area contributed by atoms with Crippen LogP contribution in [-0.4, -0.2) is 92.7 Å². The number of nitrogens with zero attached hydrogens (tertiary/aromatic N) is 4. The topological polar surface area (TPSA) is 68.4 Å². The molecule has 2 aromatic rings. The van der Waals surface area contributed by atoms with Gasteiger partial charge in [-0.1, -0.05) is 23.7 Å². The van der Waals surface area contributed by atoms with E-state index in [-0.39, 0.29) is 18.5 Å². The lowest BCUT2D eigenvalue weighted by atomic mass is 10.2. The van der Waals surface area contributed by atoms with Crippen LogP contribution in [0.1, 0.15) is 12.0 Å². The van der Waals surface area contributed by atoms with Gasteiger partial charge in [-0.3, -0.25) is 9.69 Å². The highest BCUT2D eigenvalue weighted by Gasteiger charge is 2.29. The molecule has 2 fully saturated rings. The zero-order valence-electron chi connectivity index (χ0n) is 20.3. The summed E-state index contributed by atoms with van der Waals surface area (Å²) in [6, 6.07) is 15.6. The van der Waals surface area contributed by atoms with Crippen LogP contribution in [0, 0.1) is 0 Å². The second-order valence-electron chi connectivity index (χ2n) is 8.98. The zero-order chi connectivity index (χ0) is 24.6. The number of anilines is 1. The van der Waals surface area contributed by atoms with Crippen molar-refractivity contribution in [2.24, 2.45) is 0 Å². The lowest BCUT2D eigenvalue weighted by Crippen LogP contribution is -2.47. The molecule has 0 radical (unpaired) electrons. The molecular formula is C26H34ClN5O3. The molecule has 2 aliphatic rings. The minimum absolute atomic E-state index is 0.0927. The highest BCUT2D eigenvalue weighted by Crippen LogP contribution is 2.20. The summed E-state index contributed by atoms with van der Waals surface area (Å²) in [7, 11) is 1.68. The van der Waals surface area contributed by atoms with Crippen LogP contribution in [0.2, 0.25) is 5.02 Å². The average Bonchev–Trinajstić information content (AvgIpc) is 3.22. The molecule has 1 N–H and O–H groups in total. The molecule has 0 saturated carbocycles. The number of nitrogens with one attached hydrogen (secondary N) is 1. The molecule has 4 rings (SSSR count). The minimum Gasteiger partial charge on any atom is -0.497 e. The Bertz CT molecular complexity index is 977. The number of hydrogen-bond donors (Lipinski definition) is 1. The van der Waals surface area contributed by atoms with Gasteiger partial charge in [-0.2, -0.15) is 0 Å². The molecule has 2 aromatic carbocycles. The summed E-state index contributed by atoms with van der Waals surface area (Å²) in [6.07, 6.45) is 0.894. The van der Waals surface area contributed by atoms with Crippen molar-refractivity contribution in [3.63, 3.8) is 0 Å². The Labute approximate surface area is 212 Å². The van der Waals surface area contributed by atoms with Gasteiger partial charge in [0.2, 0.25) is 5.91 Å². The van der Waals surface area contributed by atoms with Gasteiger partial charge in [0, 0.05) is 63.1 Å². The monoisotopic (exact) mass is 499 g/mol. The van der Waals surface area contributed by atoms with E-state index in [1.165, 1.54) is 5.69 Å². The van der Waals surface area contributed by atoms with E-state index < -0.39 is 0 Å². The minimum atomic E-state index is -0.101. The third kappa shape index (κ3) is 7.02. The largest absolute Gasteiger partial charge is 0.497 e. The highest BCUT2D eigenvalue weighted by molar-refractivity contribution is 6.30. The predicted molar refractivity (Wildman–Crippen MR) is 138 cm³/mol. The summed E-state index contributed by atoms with van der Waals surface area (Å²) in [4.78, 5) is 33.2. The lowest BCUT2D eigenvalue weighted by Gasteiger charge is -2.36. The van der Waals surface area contributed by atoms with Gasteiger partial charge in [0.05, 0.1) is 7.11 Å². The molecular weight excluding hydrogens is 466 g/mol. The summed E-state index contributed by atoms with van der Waals surface area (Å²) in [6.45, 7) is 7.39. The standard InChI is InChI=1S/C26H34ClN5O3/c1-35-24-9-7-23(8-10-24)30-15-13-29(14-16-30)12-2-11-28-25(33)20-32-18-17-31(26(32)34)19-21-3-5-22(27)6-4-21/h3-10H,2,11-20H2,1H3,(H,28,33).